The number of pyridine rings is 1. The van der Waals surface area contributed by atoms with Gasteiger partial charge in [0.05, 0.1) is 16.1 Å². The Labute approximate surface area is 96.8 Å². The van der Waals surface area contributed by atoms with E-state index >= 15 is 0 Å². The molecule has 1 heterocycles. The van der Waals surface area contributed by atoms with Crippen LogP contribution < -0.4 is 0 Å². The molecule has 0 unspecified atom stereocenters. The topological polar surface area (TPSA) is 30.0 Å². The molecule has 0 radical (unpaired) electrons. The fraction of sp³-hybridized carbons (Fsp3) is 0.0909. The van der Waals surface area contributed by atoms with Gasteiger partial charge in [-0.15, -0.1) is 0 Å². The van der Waals surface area contributed by atoms with Crippen LogP contribution in [0.15, 0.2) is 24.4 Å². The van der Waals surface area contributed by atoms with Crippen molar-refractivity contribution >= 4 is 39.3 Å². The van der Waals surface area contributed by atoms with Crippen LogP contribution in [0.25, 0.3) is 10.9 Å². The second-order valence-electron chi connectivity index (χ2n) is 3.28. The highest BCUT2D eigenvalue weighted by atomic mass is 35.5. The third-order valence-electron chi connectivity index (χ3n) is 2.17. The highest BCUT2D eigenvalue weighted by molar-refractivity contribution is 6.69. The van der Waals surface area contributed by atoms with Crippen LogP contribution in [0, 0.1) is 6.92 Å². The van der Waals surface area contributed by atoms with Crippen molar-refractivity contribution in [1.82, 2.24) is 4.98 Å². The smallest absolute Gasteiger partial charge is 0.255 e. The molecule has 0 bridgehead atoms. The summed E-state index contributed by atoms with van der Waals surface area (Å²) >= 11 is 11.4. The Hall–Kier alpha value is -1.12. The van der Waals surface area contributed by atoms with Crippen LogP contribution >= 0.6 is 23.2 Å². The summed E-state index contributed by atoms with van der Waals surface area (Å²) in [5.41, 5.74) is 2.06. The van der Waals surface area contributed by atoms with E-state index in [4.69, 9.17) is 23.2 Å². The number of rotatable bonds is 1. The first-order chi connectivity index (χ1) is 7.09. The van der Waals surface area contributed by atoms with E-state index in [1.165, 1.54) is 6.20 Å². The zero-order chi connectivity index (χ0) is 11.0. The summed E-state index contributed by atoms with van der Waals surface area (Å²) in [6.07, 6.45) is 1.40. The fourth-order valence-electron chi connectivity index (χ4n) is 1.41. The highest BCUT2D eigenvalue weighted by Gasteiger charge is 2.11. The van der Waals surface area contributed by atoms with Gasteiger partial charge in [-0.3, -0.25) is 9.78 Å². The molecule has 0 saturated carbocycles. The number of halogens is 2. The summed E-state index contributed by atoms with van der Waals surface area (Å²) in [6, 6.07) is 5.68. The molecule has 0 aliphatic heterocycles. The van der Waals surface area contributed by atoms with Crippen LogP contribution in [0.3, 0.4) is 0 Å². The van der Waals surface area contributed by atoms with Gasteiger partial charge in [0.2, 0.25) is 0 Å². The minimum absolute atomic E-state index is 0.247. The zero-order valence-corrected chi connectivity index (χ0v) is 9.43. The molecular weight excluding hydrogens is 233 g/mol. The van der Waals surface area contributed by atoms with Crippen LogP contribution in [0.2, 0.25) is 5.02 Å². The number of hydrogen-bond acceptors (Lipinski definition) is 2. The summed E-state index contributed by atoms with van der Waals surface area (Å²) in [5.74, 6) is 0. The maximum absolute atomic E-state index is 11.0. The SMILES string of the molecule is Cc1ccc2ncc(C(=O)Cl)c(Cl)c2c1. The molecule has 0 aliphatic carbocycles. The number of aromatic nitrogens is 1. The van der Waals surface area contributed by atoms with Crippen molar-refractivity contribution in [2.75, 3.05) is 0 Å². The van der Waals surface area contributed by atoms with E-state index in [1.807, 2.05) is 25.1 Å². The zero-order valence-electron chi connectivity index (χ0n) is 7.92. The first-order valence-electron chi connectivity index (χ1n) is 4.34. The van der Waals surface area contributed by atoms with Crippen molar-refractivity contribution < 1.29 is 4.79 Å². The Morgan fingerprint density at radius 1 is 1.40 bits per heavy atom. The lowest BCUT2D eigenvalue weighted by atomic mass is 10.1. The van der Waals surface area contributed by atoms with Gasteiger partial charge in [-0.1, -0.05) is 23.2 Å². The first kappa shape index (κ1) is 10.4. The number of nitrogens with zero attached hydrogens (tertiary/aromatic N) is 1. The summed E-state index contributed by atoms with van der Waals surface area (Å²) in [4.78, 5) is 15.2. The molecule has 2 nitrogen and oxygen atoms in total. The van der Waals surface area contributed by atoms with E-state index in [2.05, 4.69) is 4.98 Å². The van der Waals surface area contributed by atoms with Crippen LogP contribution in [-0.4, -0.2) is 10.2 Å². The van der Waals surface area contributed by atoms with E-state index in [-0.39, 0.29) is 5.56 Å². The largest absolute Gasteiger partial charge is 0.275 e. The van der Waals surface area contributed by atoms with Crippen molar-refractivity contribution in [3.63, 3.8) is 0 Å². The third kappa shape index (κ3) is 1.83. The maximum Gasteiger partial charge on any atom is 0.255 e. The van der Waals surface area contributed by atoms with Crippen molar-refractivity contribution in [1.29, 1.82) is 0 Å². The van der Waals surface area contributed by atoms with Crippen molar-refractivity contribution in [3.05, 3.63) is 40.5 Å². The summed E-state index contributed by atoms with van der Waals surface area (Å²) in [6.45, 7) is 1.95. The van der Waals surface area contributed by atoms with Crippen molar-refractivity contribution in [2.45, 2.75) is 6.92 Å². The monoisotopic (exact) mass is 239 g/mol. The molecule has 0 atom stereocenters. The Kier molecular flexibility index (Phi) is 2.63. The average molecular weight is 240 g/mol. The number of fused-ring (bicyclic) bond motifs is 1. The van der Waals surface area contributed by atoms with Gasteiger partial charge in [0.1, 0.15) is 0 Å². The number of benzene rings is 1. The van der Waals surface area contributed by atoms with Gasteiger partial charge >= 0.3 is 0 Å². The lowest BCUT2D eigenvalue weighted by Gasteiger charge is -2.04. The van der Waals surface area contributed by atoms with Crippen LogP contribution in [0.5, 0.6) is 0 Å². The molecule has 0 spiro atoms. The van der Waals surface area contributed by atoms with Gasteiger partial charge in [-0.25, -0.2) is 0 Å². The molecule has 76 valence electrons. The molecule has 1 aromatic heterocycles. The van der Waals surface area contributed by atoms with E-state index in [0.29, 0.717) is 5.02 Å². The molecule has 1 aromatic carbocycles. The van der Waals surface area contributed by atoms with Gasteiger partial charge in [0.15, 0.2) is 0 Å². The Balaban J connectivity index is 2.82. The van der Waals surface area contributed by atoms with Gasteiger partial charge < -0.3 is 0 Å². The lowest BCUT2D eigenvalue weighted by molar-refractivity contribution is 0.108. The van der Waals surface area contributed by atoms with E-state index in [0.717, 1.165) is 16.5 Å². The molecular formula is C11H7Cl2NO. The molecule has 15 heavy (non-hydrogen) atoms. The Bertz CT molecular complexity index is 552. The molecule has 0 aliphatic rings. The number of carbonyl (C=O) groups excluding carboxylic acids is 1. The van der Waals surface area contributed by atoms with Gasteiger partial charge in [-0.05, 0) is 30.7 Å². The van der Waals surface area contributed by atoms with E-state index < -0.39 is 5.24 Å². The summed E-state index contributed by atoms with van der Waals surface area (Å²) in [5, 5.41) is 0.530. The van der Waals surface area contributed by atoms with Crippen molar-refractivity contribution in [3.8, 4) is 0 Å². The number of aryl methyl sites for hydroxylation is 1. The molecule has 2 rings (SSSR count). The molecule has 0 saturated heterocycles. The fourth-order valence-corrected chi connectivity index (χ4v) is 1.89. The number of hydrogen-bond donors (Lipinski definition) is 0. The van der Waals surface area contributed by atoms with Crippen molar-refractivity contribution in [2.24, 2.45) is 0 Å². The second-order valence-corrected chi connectivity index (χ2v) is 4.00. The maximum atomic E-state index is 11.0. The quantitative estimate of drug-likeness (QED) is 0.713. The van der Waals surface area contributed by atoms with Crippen LogP contribution in [0.4, 0.5) is 0 Å². The standard InChI is InChI=1S/C11H7Cl2NO/c1-6-2-3-9-7(4-6)10(12)8(5-14-9)11(13)15/h2-5H,1H3. The Morgan fingerprint density at radius 2 is 2.13 bits per heavy atom. The lowest BCUT2D eigenvalue weighted by Crippen LogP contribution is -1.93. The second kappa shape index (κ2) is 3.80. The summed E-state index contributed by atoms with van der Waals surface area (Å²) in [7, 11) is 0. The first-order valence-corrected chi connectivity index (χ1v) is 5.10. The molecule has 0 amide bonds. The van der Waals surface area contributed by atoms with E-state index in [1.54, 1.807) is 0 Å². The number of carbonyl (C=O) groups is 1. The predicted octanol–water partition coefficient (Wildman–Crippen LogP) is 3.58. The molecule has 2 aromatic rings. The van der Waals surface area contributed by atoms with Gasteiger partial charge in [0.25, 0.3) is 5.24 Å². The summed E-state index contributed by atoms with van der Waals surface area (Å²) < 4.78 is 0. The molecule has 4 heteroatoms. The average Bonchev–Trinajstić information content (AvgIpc) is 2.19. The van der Waals surface area contributed by atoms with Gasteiger partial charge in [-0.2, -0.15) is 0 Å². The normalized spacial score (nSPS) is 10.6. The Morgan fingerprint density at radius 3 is 2.80 bits per heavy atom. The van der Waals surface area contributed by atoms with E-state index in [9.17, 15) is 4.79 Å². The minimum atomic E-state index is -0.587. The molecule has 0 N–H and O–H groups in total. The van der Waals surface area contributed by atoms with Crippen LogP contribution in [-0.2, 0) is 0 Å². The highest BCUT2D eigenvalue weighted by Crippen LogP contribution is 2.27. The molecule has 0 fully saturated rings. The predicted molar refractivity (Wildman–Crippen MR) is 61.7 cm³/mol. The minimum Gasteiger partial charge on any atom is -0.275 e. The third-order valence-corrected chi connectivity index (χ3v) is 2.78. The van der Waals surface area contributed by atoms with Gasteiger partial charge in [0, 0.05) is 11.6 Å². The van der Waals surface area contributed by atoms with Crippen LogP contribution in [0.1, 0.15) is 15.9 Å².